The first kappa shape index (κ1) is 12.2. The molecule has 1 saturated carbocycles. The van der Waals surface area contributed by atoms with Crippen molar-refractivity contribution in [2.24, 2.45) is 11.8 Å². The van der Waals surface area contributed by atoms with Gasteiger partial charge in [-0.25, -0.2) is 4.98 Å². The lowest BCUT2D eigenvalue weighted by molar-refractivity contribution is 0.212. The summed E-state index contributed by atoms with van der Waals surface area (Å²) in [5.41, 5.74) is 0. The highest BCUT2D eigenvalue weighted by atomic mass is 15.2. The van der Waals surface area contributed by atoms with E-state index in [2.05, 4.69) is 41.5 Å². The van der Waals surface area contributed by atoms with Gasteiger partial charge >= 0.3 is 0 Å². The molecule has 1 aliphatic rings. The van der Waals surface area contributed by atoms with E-state index in [0.29, 0.717) is 6.04 Å². The van der Waals surface area contributed by atoms with Crippen molar-refractivity contribution in [1.82, 2.24) is 9.55 Å². The van der Waals surface area contributed by atoms with Gasteiger partial charge in [-0.3, -0.25) is 0 Å². The van der Waals surface area contributed by atoms with E-state index in [1.165, 1.54) is 19.3 Å². The van der Waals surface area contributed by atoms with Crippen LogP contribution in [0.4, 0.5) is 5.95 Å². The Labute approximate surface area is 104 Å². The number of nitrogens with one attached hydrogen (secondary N) is 1. The summed E-state index contributed by atoms with van der Waals surface area (Å²) < 4.78 is 2.30. The van der Waals surface area contributed by atoms with Crippen LogP contribution in [0.15, 0.2) is 25.0 Å². The number of aromatic nitrogens is 2. The molecule has 17 heavy (non-hydrogen) atoms. The molecule has 3 atom stereocenters. The average molecular weight is 233 g/mol. The molecule has 0 aliphatic heterocycles. The molecule has 1 aromatic heterocycles. The van der Waals surface area contributed by atoms with Gasteiger partial charge in [0.05, 0.1) is 0 Å². The van der Waals surface area contributed by atoms with Crippen LogP contribution >= 0.6 is 0 Å². The Hall–Kier alpha value is -1.25. The lowest BCUT2D eigenvalue weighted by Gasteiger charge is -2.33. The SMILES string of the molecule is C=CCNc1nccn1C1CCC(C)C(C)C1. The van der Waals surface area contributed by atoms with Gasteiger partial charge in [-0.05, 0) is 31.1 Å². The van der Waals surface area contributed by atoms with Crippen molar-refractivity contribution in [3.05, 3.63) is 25.0 Å². The first-order chi connectivity index (χ1) is 8.22. The zero-order chi connectivity index (χ0) is 12.3. The number of hydrogen-bond donors (Lipinski definition) is 1. The number of nitrogens with zero attached hydrogens (tertiary/aromatic N) is 2. The van der Waals surface area contributed by atoms with Gasteiger partial charge in [-0.15, -0.1) is 6.58 Å². The van der Waals surface area contributed by atoms with E-state index >= 15 is 0 Å². The second kappa shape index (κ2) is 5.39. The van der Waals surface area contributed by atoms with Gasteiger partial charge < -0.3 is 9.88 Å². The van der Waals surface area contributed by atoms with Crippen molar-refractivity contribution in [3.63, 3.8) is 0 Å². The smallest absolute Gasteiger partial charge is 0.203 e. The van der Waals surface area contributed by atoms with Gasteiger partial charge in [-0.2, -0.15) is 0 Å². The molecule has 1 N–H and O–H groups in total. The molecule has 3 unspecified atom stereocenters. The maximum absolute atomic E-state index is 4.38. The third-order valence-corrected chi connectivity index (χ3v) is 4.04. The molecule has 0 aromatic carbocycles. The van der Waals surface area contributed by atoms with Crippen LogP contribution in [0, 0.1) is 11.8 Å². The molecule has 0 bridgehead atoms. The van der Waals surface area contributed by atoms with Gasteiger partial charge in [0.15, 0.2) is 0 Å². The molecule has 3 heteroatoms. The Morgan fingerprint density at radius 1 is 1.47 bits per heavy atom. The number of anilines is 1. The van der Waals surface area contributed by atoms with E-state index in [9.17, 15) is 0 Å². The monoisotopic (exact) mass is 233 g/mol. The van der Waals surface area contributed by atoms with Gasteiger partial charge in [-0.1, -0.05) is 19.9 Å². The minimum absolute atomic E-state index is 0.607. The number of hydrogen-bond acceptors (Lipinski definition) is 2. The fraction of sp³-hybridized carbons (Fsp3) is 0.643. The molecule has 94 valence electrons. The summed E-state index contributed by atoms with van der Waals surface area (Å²) in [5, 5.41) is 3.30. The summed E-state index contributed by atoms with van der Waals surface area (Å²) in [7, 11) is 0. The van der Waals surface area contributed by atoms with E-state index in [0.717, 1.165) is 24.3 Å². The lowest BCUT2D eigenvalue weighted by Crippen LogP contribution is -2.24. The highest BCUT2D eigenvalue weighted by molar-refractivity contribution is 5.27. The normalized spacial score (nSPS) is 28.9. The standard InChI is InChI=1S/C14H23N3/c1-4-7-15-14-16-8-9-17(14)13-6-5-11(2)12(3)10-13/h4,8-9,11-13H,1,5-7,10H2,2-3H3,(H,15,16). The minimum atomic E-state index is 0.607. The Balaban J connectivity index is 2.06. The molecule has 0 saturated heterocycles. The quantitative estimate of drug-likeness (QED) is 0.807. The summed E-state index contributed by atoms with van der Waals surface area (Å²) in [4.78, 5) is 4.38. The van der Waals surface area contributed by atoms with E-state index in [4.69, 9.17) is 0 Å². The van der Waals surface area contributed by atoms with Gasteiger partial charge in [0, 0.05) is 25.0 Å². The van der Waals surface area contributed by atoms with Crippen LogP contribution in [-0.2, 0) is 0 Å². The molecule has 0 radical (unpaired) electrons. The molecular weight excluding hydrogens is 210 g/mol. The Bertz CT molecular complexity index is 369. The van der Waals surface area contributed by atoms with E-state index in [1.54, 1.807) is 0 Å². The molecular formula is C14H23N3. The predicted molar refractivity (Wildman–Crippen MR) is 72.1 cm³/mol. The van der Waals surface area contributed by atoms with Crippen LogP contribution in [0.25, 0.3) is 0 Å². The molecule has 0 spiro atoms. The van der Waals surface area contributed by atoms with E-state index < -0.39 is 0 Å². The summed E-state index contributed by atoms with van der Waals surface area (Å²) in [5.74, 6) is 2.65. The largest absolute Gasteiger partial charge is 0.352 e. The van der Waals surface area contributed by atoms with E-state index in [-0.39, 0.29) is 0 Å². The Kier molecular flexibility index (Phi) is 3.87. The second-order valence-electron chi connectivity index (χ2n) is 5.25. The van der Waals surface area contributed by atoms with Crippen LogP contribution in [-0.4, -0.2) is 16.1 Å². The fourth-order valence-corrected chi connectivity index (χ4v) is 2.68. The van der Waals surface area contributed by atoms with Crippen LogP contribution in [0.5, 0.6) is 0 Å². The molecule has 0 amide bonds. The van der Waals surface area contributed by atoms with Crippen molar-refractivity contribution in [2.45, 2.75) is 39.2 Å². The maximum atomic E-state index is 4.38. The molecule has 1 aliphatic carbocycles. The molecule has 1 fully saturated rings. The molecule has 3 nitrogen and oxygen atoms in total. The second-order valence-corrected chi connectivity index (χ2v) is 5.25. The summed E-state index contributed by atoms with van der Waals surface area (Å²) >= 11 is 0. The zero-order valence-corrected chi connectivity index (χ0v) is 10.9. The lowest BCUT2D eigenvalue weighted by atomic mass is 9.79. The molecule has 2 rings (SSSR count). The Morgan fingerprint density at radius 3 is 3.00 bits per heavy atom. The highest BCUT2D eigenvalue weighted by Gasteiger charge is 2.26. The van der Waals surface area contributed by atoms with Crippen molar-refractivity contribution in [3.8, 4) is 0 Å². The van der Waals surface area contributed by atoms with Crippen LogP contribution in [0.2, 0.25) is 0 Å². The first-order valence-corrected chi connectivity index (χ1v) is 6.60. The van der Waals surface area contributed by atoms with Crippen LogP contribution in [0.3, 0.4) is 0 Å². The maximum Gasteiger partial charge on any atom is 0.203 e. The third kappa shape index (κ3) is 2.71. The minimum Gasteiger partial charge on any atom is -0.352 e. The topological polar surface area (TPSA) is 29.9 Å². The third-order valence-electron chi connectivity index (χ3n) is 4.04. The summed E-state index contributed by atoms with van der Waals surface area (Å²) in [6, 6.07) is 0.607. The number of rotatable bonds is 4. The predicted octanol–water partition coefficient (Wildman–Crippen LogP) is 3.48. The molecule has 1 aromatic rings. The van der Waals surface area contributed by atoms with Crippen molar-refractivity contribution < 1.29 is 0 Å². The van der Waals surface area contributed by atoms with Crippen LogP contribution < -0.4 is 5.32 Å². The van der Waals surface area contributed by atoms with Gasteiger partial charge in [0.25, 0.3) is 0 Å². The first-order valence-electron chi connectivity index (χ1n) is 6.60. The van der Waals surface area contributed by atoms with Gasteiger partial charge in [0.1, 0.15) is 0 Å². The summed E-state index contributed by atoms with van der Waals surface area (Å²) in [6.07, 6.45) is 9.70. The molecule has 1 heterocycles. The zero-order valence-electron chi connectivity index (χ0n) is 10.9. The van der Waals surface area contributed by atoms with Crippen molar-refractivity contribution >= 4 is 5.95 Å². The fourth-order valence-electron chi connectivity index (χ4n) is 2.68. The van der Waals surface area contributed by atoms with Crippen molar-refractivity contribution in [2.75, 3.05) is 11.9 Å². The highest BCUT2D eigenvalue weighted by Crippen LogP contribution is 2.37. The van der Waals surface area contributed by atoms with E-state index in [1.807, 2.05) is 12.3 Å². The van der Waals surface area contributed by atoms with Crippen molar-refractivity contribution in [1.29, 1.82) is 0 Å². The number of imidazole rings is 1. The van der Waals surface area contributed by atoms with Crippen LogP contribution in [0.1, 0.15) is 39.2 Å². The average Bonchev–Trinajstić information content (AvgIpc) is 2.78. The van der Waals surface area contributed by atoms with Gasteiger partial charge in [0.2, 0.25) is 5.95 Å². The summed E-state index contributed by atoms with van der Waals surface area (Å²) in [6.45, 7) is 9.23. The Morgan fingerprint density at radius 2 is 2.29 bits per heavy atom.